The molecule has 2 amide bonds. The summed E-state index contributed by atoms with van der Waals surface area (Å²) < 4.78 is 0. The van der Waals surface area contributed by atoms with E-state index in [2.05, 4.69) is 22.9 Å². The number of hydrogen-bond acceptors (Lipinski definition) is 3. The molecule has 5 rings (SSSR count). The Morgan fingerprint density at radius 2 is 1.61 bits per heavy atom. The van der Waals surface area contributed by atoms with Gasteiger partial charge >= 0.3 is 0 Å². The van der Waals surface area contributed by atoms with Crippen molar-refractivity contribution in [2.45, 2.75) is 77.8 Å². The summed E-state index contributed by atoms with van der Waals surface area (Å²) in [4.78, 5) is 26.4. The summed E-state index contributed by atoms with van der Waals surface area (Å²) >= 11 is 0. The standard InChI is InChI=1S/C22H37N3O2.ClH/c1-13(2)19(20(26)24-18-4-5-23-12-14(18)3)25-21(27)22-9-15-6-16(10-22)8-17(7-15)11-22;/h13-19,23H,4-12H2,1-3H3,(H,24,26)(H,25,27);1H. The molecule has 1 saturated heterocycles. The van der Waals surface area contributed by atoms with Gasteiger partial charge in [0.2, 0.25) is 11.8 Å². The lowest BCUT2D eigenvalue weighted by Gasteiger charge is -2.55. The average molecular weight is 412 g/mol. The molecule has 3 unspecified atom stereocenters. The Morgan fingerprint density at radius 3 is 2.11 bits per heavy atom. The molecule has 1 heterocycles. The number of rotatable bonds is 5. The van der Waals surface area contributed by atoms with Crippen LogP contribution in [0.2, 0.25) is 0 Å². The first-order valence-electron chi connectivity index (χ1n) is 11.2. The van der Waals surface area contributed by atoms with Gasteiger partial charge in [-0.2, -0.15) is 0 Å². The third-order valence-electron chi connectivity index (χ3n) is 7.87. The maximum atomic E-state index is 13.4. The van der Waals surface area contributed by atoms with E-state index in [9.17, 15) is 9.59 Å². The minimum atomic E-state index is -0.424. The fourth-order valence-electron chi connectivity index (χ4n) is 6.72. The number of hydrogen-bond donors (Lipinski definition) is 3. The highest BCUT2D eigenvalue weighted by Gasteiger charge is 2.55. The second kappa shape index (κ2) is 8.51. The first kappa shape index (κ1) is 21.9. The number of carbonyl (C=O) groups is 2. The van der Waals surface area contributed by atoms with Crippen molar-refractivity contribution in [1.29, 1.82) is 0 Å². The van der Waals surface area contributed by atoms with Gasteiger partial charge in [-0.3, -0.25) is 9.59 Å². The first-order chi connectivity index (χ1) is 12.9. The van der Waals surface area contributed by atoms with Gasteiger partial charge in [0.25, 0.3) is 0 Å². The van der Waals surface area contributed by atoms with Crippen molar-refractivity contribution in [3.05, 3.63) is 0 Å². The molecule has 5 aliphatic rings. The van der Waals surface area contributed by atoms with E-state index >= 15 is 0 Å². The van der Waals surface area contributed by atoms with Gasteiger partial charge in [0.05, 0.1) is 0 Å². The van der Waals surface area contributed by atoms with Crippen molar-refractivity contribution in [2.75, 3.05) is 13.1 Å². The molecule has 5 fully saturated rings. The van der Waals surface area contributed by atoms with Crippen molar-refractivity contribution in [3.63, 3.8) is 0 Å². The maximum Gasteiger partial charge on any atom is 0.243 e. The van der Waals surface area contributed by atoms with E-state index in [0.717, 1.165) is 56.5 Å². The van der Waals surface area contributed by atoms with Gasteiger partial charge < -0.3 is 16.0 Å². The molecule has 4 saturated carbocycles. The average Bonchev–Trinajstić information content (AvgIpc) is 2.59. The zero-order valence-corrected chi connectivity index (χ0v) is 18.4. The van der Waals surface area contributed by atoms with E-state index in [4.69, 9.17) is 0 Å². The number of carbonyl (C=O) groups excluding carboxylic acids is 2. The molecule has 3 atom stereocenters. The van der Waals surface area contributed by atoms with Gasteiger partial charge in [-0.15, -0.1) is 12.4 Å². The highest BCUT2D eigenvalue weighted by molar-refractivity contribution is 5.90. The van der Waals surface area contributed by atoms with E-state index in [-0.39, 0.29) is 41.6 Å². The van der Waals surface area contributed by atoms with Crippen molar-refractivity contribution < 1.29 is 9.59 Å². The molecule has 0 aromatic carbocycles. The summed E-state index contributed by atoms with van der Waals surface area (Å²) in [5.41, 5.74) is -0.190. The number of piperidine rings is 1. The second-order valence-corrected chi connectivity index (χ2v) is 10.5. The summed E-state index contributed by atoms with van der Waals surface area (Å²) in [6, 6.07) is -0.218. The Kier molecular flexibility index (Phi) is 6.65. The van der Waals surface area contributed by atoms with E-state index < -0.39 is 6.04 Å². The SMILES string of the molecule is CC(C)C(NC(=O)C12CC3CC(CC(C3)C1)C2)C(=O)NC1CCNCC1C.Cl. The molecule has 160 valence electrons. The van der Waals surface area contributed by atoms with Gasteiger partial charge in [-0.25, -0.2) is 0 Å². The molecule has 28 heavy (non-hydrogen) atoms. The Labute approximate surface area is 176 Å². The molecule has 3 N–H and O–H groups in total. The van der Waals surface area contributed by atoms with Crippen molar-refractivity contribution in [2.24, 2.45) is 35.0 Å². The zero-order valence-electron chi connectivity index (χ0n) is 17.6. The van der Waals surface area contributed by atoms with Crippen LogP contribution in [0.1, 0.15) is 65.7 Å². The highest BCUT2D eigenvalue weighted by atomic mass is 35.5. The smallest absolute Gasteiger partial charge is 0.243 e. The van der Waals surface area contributed by atoms with E-state index in [1.54, 1.807) is 0 Å². The zero-order chi connectivity index (χ0) is 19.2. The van der Waals surface area contributed by atoms with Gasteiger partial charge in [-0.05, 0) is 87.6 Å². The third-order valence-corrected chi connectivity index (χ3v) is 7.87. The maximum absolute atomic E-state index is 13.4. The Hall–Kier alpha value is -0.810. The van der Waals surface area contributed by atoms with Crippen LogP contribution >= 0.6 is 12.4 Å². The topological polar surface area (TPSA) is 70.2 Å². The molecule has 0 radical (unpaired) electrons. The second-order valence-electron chi connectivity index (χ2n) is 10.5. The number of amides is 2. The predicted octanol–water partition coefficient (Wildman–Crippen LogP) is 2.88. The minimum Gasteiger partial charge on any atom is -0.351 e. The molecule has 1 aliphatic heterocycles. The van der Waals surface area contributed by atoms with Crippen LogP contribution in [-0.2, 0) is 9.59 Å². The molecule has 0 aromatic heterocycles. The molecule has 4 bridgehead atoms. The summed E-state index contributed by atoms with van der Waals surface area (Å²) in [7, 11) is 0. The van der Waals surface area contributed by atoms with Gasteiger partial charge in [0.1, 0.15) is 6.04 Å². The lowest BCUT2D eigenvalue weighted by molar-refractivity contribution is -0.149. The Morgan fingerprint density at radius 1 is 1.04 bits per heavy atom. The quantitative estimate of drug-likeness (QED) is 0.651. The molecule has 5 nitrogen and oxygen atoms in total. The Bertz CT molecular complexity index is 559. The number of halogens is 1. The summed E-state index contributed by atoms with van der Waals surface area (Å²) in [6.07, 6.45) is 8.07. The van der Waals surface area contributed by atoms with Gasteiger partial charge in [-0.1, -0.05) is 20.8 Å². The van der Waals surface area contributed by atoms with Crippen molar-refractivity contribution >= 4 is 24.2 Å². The van der Waals surface area contributed by atoms with Crippen LogP contribution in [0.4, 0.5) is 0 Å². The van der Waals surface area contributed by atoms with Crippen LogP contribution in [-0.4, -0.2) is 37.0 Å². The van der Waals surface area contributed by atoms with Crippen LogP contribution in [0.25, 0.3) is 0 Å². The monoisotopic (exact) mass is 411 g/mol. The van der Waals surface area contributed by atoms with Gasteiger partial charge in [0.15, 0.2) is 0 Å². The van der Waals surface area contributed by atoms with Crippen LogP contribution in [0.15, 0.2) is 0 Å². The first-order valence-corrected chi connectivity index (χ1v) is 11.2. The predicted molar refractivity (Wildman–Crippen MR) is 113 cm³/mol. The molecular formula is C22H38ClN3O2. The summed E-state index contributed by atoms with van der Waals surface area (Å²) in [5.74, 6) is 2.90. The largest absolute Gasteiger partial charge is 0.351 e. The van der Waals surface area contributed by atoms with Crippen molar-refractivity contribution in [1.82, 2.24) is 16.0 Å². The summed E-state index contributed by atoms with van der Waals surface area (Å²) in [5, 5.41) is 9.82. The van der Waals surface area contributed by atoms with Crippen LogP contribution in [0.3, 0.4) is 0 Å². The number of nitrogens with one attached hydrogen (secondary N) is 3. The fraction of sp³-hybridized carbons (Fsp3) is 0.909. The van der Waals surface area contributed by atoms with Crippen LogP contribution in [0.5, 0.6) is 0 Å². The van der Waals surface area contributed by atoms with Crippen LogP contribution < -0.4 is 16.0 Å². The van der Waals surface area contributed by atoms with Gasteiger partial charge in [0, 0.05) is 11.5 Å². The highest BCUT2D eigenvalue weighted by Crippen LogP contribution is 2.60. The lowest BCUT2D eigenvalue weighted by atomic mass is 9.49. The molecule has 4 aliphatic carbocycles. The molecular weight excluding hydrogens is 374 g/mol. The molecule has 0 aromatic rings. The van der Waals surface area contributed by atoms with E-state index in [0.29, 0.717) is 5.92 Å². The van der Waals surface area contributed by atoms with Crippen LogP contribution in [0, 0.1) is 35.0 Å². The van der Waals surface area contributed by atoms with E-state index in [1.807, 2.05) is 13.8 Å². The summed E-state index contributed by atoms with van der Waals surface area (Å²) in [6.45, 7) is 8.14. The normalized spacial score (nSPS) is 39.9. The van der Waals surface area contributed by atoms with E-state index in [1.165, 1.54) is 19.3 Å². The lowest BCUT2D eigenvalue weighted by Crippen LogP contribution is -2.60. The third kappa shape index (κ3) is 4.21. The Balaban J connectivity index is 0.00000225. The minimum absolute atomic E-state index is 0. The van der Waals surface area contributed by atoms with Crippen molar-refractivity contribution in [3.8, 4) is 0 Å². The molecule has 6 heteroatoms. The molecule has 0 spiro atoms. The fourth-order valence-corrected chi connectivity index (χ4v) is 6.72.